The number of benzene rings is 2. The number of rotatable bonds is 5. The summed E-state index contributed by atoms with van der Waals surface area (Å²) in [6.45, 7) is 4.08. The van der Waals surface area contributed by atoms with Crippen molar-refractivity contribution in [2.24, 2.45) is 0 Å². The van der Waals surface area contributed by atoms with Crippen LogP contribution in [0.2, 0.25) is 0 Å². The summed E-state index contributed by atoms with van der Waals surface area (Å²) in [4.78, 5) is 25.9. The smallest absolute Gasteiger partial charge is 0.274 e. The van der Waals surface area contributed by atoms with Gasteiger partial charge in [-0.2, -0.15) is 10.2 Å². The molecule has 0 unspecified atom stereocenters. The fraction of sp³-hybridized carbons (Fsp3) is 0.280. The van der Waals surface area contributed by atoms with Gasteiger partial charge in [-0.05, 0) is 56.9 Å². The molecular formula is C25H25N5O2. The van der Waals surface area contributed by atoms with Crippen molar-refractivity contribution in [3.8, 4) is 5.69 Å². The van der Waals surface area contributed by atoms with Crippen molar-refractivity contribution in [3.05, 3.63) is 87.6 Å². The summed E-state index contributed by atoms with van der Waals surface area (Å²) in [6, 6.07) is 17.0. The van der Waals surface area contributed by atoms with Crippen LogP contribution < -0.4 is 10.9 Å². The molecule has 1 aliphatic rings. The van der Waals surface area contributed by atoms with Crippen LogP contribution in [-0.2, 0) is 19.4 Å². The molecule has 0 radical (unpaired) electrons. The highest BCUT2D eigenvalue weighted by molar-refractivity contribution is 6.04. The van der Waals surface area contributed by atoms with Crippen LogP contribution in [0.5, 0.6) is 0 Å². The van der Waals surface area contributed by atoms with Gasteiger partial charge in [-0.1, -0.05) is 36.4 Å². The SMILES string of the molecule is CC(C)n1nc(C(=O)NCc2nn(-c3ccccc3)c3c2CCC3)c2ccccc2c1=O. The molecule has 1 N–H and O–H groups in total. The van der Waals surface area contributed by atoms with E-state index in [2.05, 4.69) is 10.4 Å². The number of aromatic nitrogens is 4. The number of nitrogens with one attached hydrogen (secondary N) is 1. The van der Waals surface area contributed by atoms with Crippen molar-refractivity contribution in [2.75, 3.05) is 0 Å². The minimum Gasteiger partial charge on any atom is -0.345 e. The monoisotopic (exact) mass is 427 g/mol. The van der Waals surface area contributed by atoms with E-state index in [1.807, 2.05) is 54.9 Å². The lowest BCUT2D eigenvalue weighted by Gasteiger charge is -2.13. The molecule has 1 amide bonds. The average Bonchev–Trinajstić information content (AvgIpc) is 3.41. The third kappa shape index (κ3) is 3.39. The normalized spacial score (nSPS) is 13.0. The van der Waals surface area contributed by atoms with E-state index >= 15 is 0 Å². The number of carbonyl (C=O) groups excluding carboxylic acids is 1. The van der Waals surface area contributed by atoms with Gasteiger partial charge in [-0.25, -0.2) is 9.36 Å². The van der Waals surface area contributed by atoms with Gasteiger partial charge in [-0.15, -0.1) is 0 Å². The van der Waals surface area contributed by atoms with Crippen LogP contribution in [0.1, 0.15) is 53.7 Å². The average molecular weight is 428 g/mol. The third-order valence-corrected chi connectivity index (χ3v) is 5.96. The summed E-state index contributed by atoms with van der Waals surface area (Å²) in [5.74, 6) is -0.309. The highest BCUT2D eigenvalue weighted by atomic mass is 16.2. The van der Waals surface area contributed by atoms with Crippen molar-refractivity contribution in [1.82, 2.24) is 24.9 Å². The number of para-hydroxylation sites is 1. The minimum atomic E-state index is -0.309. The molecule has 5 rings (SSSR count). The first-order chi connectivity index (χ1) is 15.5. The van der Waals surface area contributed by atoms with Crippen LogP contribution in [0.25, 0.3) is 16.5 Å². The van der Waals surface area contributed by atoms with Crippen LogP contribution >= 0.6 is 0 Å². The number of hydrogen-bond donors (Lipinski definition) is 1. The Kier molecular flexibility index (Phi) is 5.09. The van der Waals surface area contributed by atoms with Gasteiger partial charge in [-0.3, -0.25) is 9.59 Å². The second kappa shape index (κ2) is 8.07. The third-order valence-electron chi connectivity index (χ3n) is 5.96. The zero-order valence-electron chi connectivity index (χ0n) is 18.2. The molecule has 0 saturated carbocycles. The van der Waals surface area contributed by atoms with E-state index in [9.17, 15) is 9.59 Å². The van der Waals surface area contributed by atoms with Crippen molar-refractivity contribution in [2.45, 2.75) is 45.7 Å². The number of hydrogen-bond acceptors (Lipinski definition) is 4. The van der Waals surface area contributed by atoms with Crippen molar-refractivity contribution >= 4 is 16.7 Å². The van der Waals surface area contributed by atoms with Gasteiger partial charge in [0.15, 0.2) is 5.69 Å². The maximum absolute atomic E-state index is 13.2. The first-order valence-corrected chi connectivity index (χ1v) is 11.0. The molecule has 7 heteroatoms. The van der Waals surface area contributed by atoms with Gasteiger partial charge < -0.3 is 5.32 Å². The summed E-state index contributed by atoms with van der Waals surface area (Å²) in [5, 5.41) is 13.3. The van der Waals surface area contributed by atoms with Crippen LogP contribution in [-0.4, -0.2) is 25.5 Å². The molecule has 2 aromatic heterocycles. The van der Waals surface area contributed by atoms with Crippen molar-refractivity contribution < 1.29 is 4.79 Å². The quantitative estimate of drug-likeness (QED) is 0.528. The van der Waals surface area contributed by atoms with Crippen molar-refractivity contribution in [1.29, 1.82) is 0 Å². The second-order valence-electron chi connectivity index (χ2n) is 8.39. The van der Waals surface area contributed by atoms with E-state index in [0.29, 0.717) is 17.3 Å². The van der Waals surface area contributed by atoms with Gasteiger partial charge in [0.1, 0.15) is 0 Å². The predicted molar refractivity (Wildman–Crippen MR) is 123 cm³/mol. The Morgan fingerprint density at radius 3 is 2.47 bits per heavy atom. The van der Waals surface area contributed by atoms with Crippen molar-refractivity contribution in [3.63, 3.8) is 0 Å². The topological polar surface area (TPSA) is 81.8 Å². The first kappa shape index (κ1) is 20.2. The lowest BCUT2D eigenvalue weighted by molar-refractivity contribution is 0.0944. The largest absolute Gasteiger partial charge is 0.345 e. The van der Waals surface area contributed by atoms with Gasteiger partial charge in [0.25, 0.3) is 11.5 Å². The Hall–Kier alpha value is -3.74. The molecule has 0 spiro atoms. The summed E-state index contributed by atoms with van der Waals surface area (Å²) in [6.07, 6.45) is 3.04. The van der Waals surface area contributed by atoms with E-state index in [0.717, 1.165) is 30.6 Å². The molecule has 4 aromatic rings. The molecule has 2 heterocycles. The maximum atomic E-state index is 13.2. The van der Waals surface area contributed by atoms with Gasteiger partial charge in [0.2, 0.25) is 0 Å². The number of carbonyl (C=O) groups is 1. The van der Waals surface area contributed by atoms with Gasteiger partial charge in [0.05, 0.1) is 29.4 Å². The lowest BCUT2D eigenvalue weighted by atomic mass is 10.1. The molecule has 0 bridgehead atoms. The Morgan fingerprint density at radius 2 is 1.72 bits per heavy atom. The van der Waals surface area contributed by atoms with Crippen LogP contribution in [0.4, 0.5) is 0 Å². The standard InChI is InChI=1S/C25H25N5O2/c1-16(2)29-25(32)19-12-7-6-11-18(19)23(28-29)24(31)26-15-21-20-13-8-14-22(20)30(27-21)17-9-4-3-5-10-17/h3-7,9-12,16H,8,13-15H2,1-2H3,(H,26,31). The number of fused-ring (bicyclic) bond motifs is 2. The molecule has 0 fully saturated rings. The molecule has 32 heavy (non-hydrogen) atoms. The molecule has 0 aliphatic heterocycles. The minimum absolute atomic E-state index is 0.150. The second-order valence-corrected chi connectivity index (χ2v) is 8.39. The highest BCUT2D eigenvalue weighted by Gasteiger charge is 2.24. The lowest BCUT2D eigenvalue weighted by Crippen LogP contribution is -2.31. The first-order valence-electron chi connectivity index (χ1n) is 11.0. The van der Waals surface area contributed by atoms with Crippen LogP contribution in [0, 0.1) is 0 Å². The fourth-order valence-corrected chi connectivity index (χ4v) is 4.41. The summed E-state index contributed by atoms with van der Waals surface area (Å²) >= 11 is 0. The van der Waals surface area contributed by atoms with Gasteiger partial charge in [0, 0.05) is 11.1 Å². The zero-order valence-corrected chi connectivity index (χ0v) is 18.2. The number of amides is 1. The molecular weight excluding hydrogens is 402 g/mol. The maximum Gasteiger partial charge on any atom is 0.274 e. The molecule has 7 nitrogen and oxygen atoms in total. The molecule has 0 atom stereocenters. The highest BCUT2D eigenvalue weighted by Crippen LogP contribution is 2.27. The van der Waals surface area contributed by atoms with E-state index in [4.69, 9.17) is 5.10 Å². The summed E-state index contributed by atoms with van der Waals surface area (Å²) in [7, 11) is 0. The Balaban J connectivity index is 1.47. The van der Waals surface area contributed by atoms with Crippen LogP contribution in [0.3, 0.4) is 0 Å². The summed E-state index contributed by atoms with van der Waals surface area (Å²) < 4.78 is 3.37. The fourth-order valence-electron chi connectivity index (χ4n) is 4.41. The Bertz CT molecular complexity index is 1370. The Morgan fingerprint density at radius 1 is 1.00 bits per heavy atom. The number of nitrogens with zero attached hydrogens (tertiary/aromatic N) is 4. The molecule has 162 valence electrons. The Labute approximate surface area is 185 Å². The summed E-state index contributed by atoms with van der Waals surface area (Å²) in [5.41, 5.74) is 4.42. The predicted octanol–water partition coefficient (Wildman–Crippen LogP) is 3.58. The molecule has 1 aliphatic carbocycles. The van der Waals surface area contributed by atoms with Crippen LogP contribution in [0.15, 0.2) is 59.4 Å². The van der Waals surface area contributed by atoms with E-state index in [1.54, 1.807) is 18.2 Å². The molecule has 0 saturated heterocycles. The van der Waals surface area contributed by atoms with E-state index < -0.39 is 0 Å². The molecule has 2 aromatic carbocycles. The zero-order chi connectivity index (χ0) is 22.2. The van der Waals surface area contributed by atoms with E-state index in [1.165, 1.54) is 15.9 Å². The van der Waals surface area contributed by atoms with E-state index in [-0.39, 0.29) is 23.2 Å². The van der Waals surface area contributed by atoms with Gasteiger partial charge >= 0.3 is 0 Å².